The summed E-state index contributed by atoms with van der Waals surface area (Å²) in [4.78, 5) is 15.7. The summed E-state index contributed by atoms with van der Waals surface area (Å²) in [5.41, 5.74) is 1.50. The highest BCUT2D eigenvalue weighted by Crippen LogP contribution is 2.23. The second-order valence-corrected chi connectivity index (χ2v) is 4.21. The van der Waals surface area contributed by atoms with E-state index in [-0.39, 0.29) is 5.97 Å². The molecular weight excluding hydrogens is 254 g/mol. The lowest BCUT2D eigenvalue weighted by Crippen LogP contribution is -2.06. The summed E-state index contributed by atoms with van der Waals surface area (Å²) < 4.78 is 10.4. The third-order valence-corrected chi connectivity index (χ3v) is 3.00. The SMILES string of the molecule is CC/C(=C/COc1cccc2ncccc12)C(=O)OC. The minimum atomic E-state index is -0.310. The molecule has 1 heterocycles. The van der Waals surface area contributed by atoms with E-state index in [0.717, 1.165) is 16.7 Å². The zero-order valence-electron chi connectivity index (χ0n) is 11.6. The normalized spacial score (nSPS) is 11.4. The summed E-state index contributed by atoms with van der Waals surface area (Å²) in [6.07, 6.45) is 4.12. The molecule has 0 aliphatic carbocycles. The first kappa shape index (κ1) is 14.1. The van der Waals surface area contributed by atoms with Gasteiger partial charge >= 0.3 is 5.97 Å². The van der Waals surface area contributed by atoms with E-state index in [1.807, 2.05) is 37.3 Å². The van der Waals surface area contributed by atoms with Crippen LogP contribution in [0, 0.1) is 0 Å². The molecular formula is C16H17NO3. The Bertz CT molecular complexity index is 629. The van der Waals surface area contributed by atoms with Crippen molar-refractivity contribution in [2.24, 2.45) is 0 Å². The highest BCUT2D eigenvalue weighted by molar-refractivity contribution is 5.88. The van der Waals surface area contributed by atoms with Crippen LogP contribution in [-0.2, 0) is 9.53 Å². The fourth-order valence-electron chi connectivity index (χ4n) is 1.94. The lowest BCUT2D eigenvalue weighted by molar-refractivity contribution is -0.136. The molecule has 4 nitrogen and oxygen atoms in total. The monoisotopic (exact) mass is 271 g/mol. The molecule has 0 fully saturated rings. The van der Waals surface area contributed by atoms with Crippen LogP contribution in [0.2, 0.25) is 0 Å². The molecule has 0 amide bonds. The van der Waals surface area contributed by atoms with E-state index in [1.54, 1.807) is 12.3 Å². The van der Waals surface area contributed by atoms with Crippen molar-refractivity contribution >= 4 is 16.9 Å². The number of carbonyl (C=O) groups excluding carboxylic acids is 1. The average molecular weight is 271 g/mol. The van der Waals surface area contributed by atoms with E-state index in [2.05, 4.69) is 4.98 Å². The van der Waals surface area contributed by atoms with Crippen LogP contribution in [0.15, 0.2) is 48.2 Å². The Labute approximate surface area is 118 Å². The van der Waals surface area contributed by atoms with Crippen LogP contribution >= 0.6 is 0 Å². The van der Waals surface area contributed by atoms with Crippen molar-refractivity contribution in [3.8, 4) is 5.75 Å². The first-order chi connectivity index (χ1) is 9.76. The van der Waals surface area contributed by atoms with Gasteiger partial charge in [-0.05, 0) is 36.8 Å². The number of carbonyl (C=O) groups is 1. The molecule has 1 aromatic carbocycles. The van der Waals surface area contributed by atoms with Gasteiger partial charge in [0.15, 0.2) is 0 Å². The predicted octanol–water partition coefficient (Wildman–Crippen LogP) is 3.12. The molecule has 2 aromatic rings. The third-order valence-electron chi connectivity index (χ3n) is 3.00. The third kappa shape index (κ3) is 3.15. The van der Waals surface area contributed by atoms with Gasteiger partial charge in [0.05, 0.1) is 12.6 Å². The number of pyridine rings is 1. The van der Waals surface area contributed by atoms with Crippen LogP contribution < -0.4 is 4.74 Å². The predicted molar refractivity (Wildman–Crippen MR) is 77.6 cm³/mol. The molecule has 0 N–H and O–H groups in total. The zero-order chi connectivity index (χ0) is 14.4. The van der Waals surface area contributed by atoms with E-state index in [4.69, 9.17) is 9.47 Å². The van der Waals surface area contributed by atoms with Gasteiger partial charge in [0.2, 0.25) is 0 Å². The number of methoxy groups -OCH3 is 1. The quantitative estimate of drug-likeness (QED) is 0.619. The Morgan fingerprint density at radius 2 is 2.15 bits per heavy atom. The van der Waals surface area contributed by atoms with Crippen LogP contribution in [-0.4, -0.2) is 24.7 Å². The van der Waals surface area contributed by atoms with E-state index in [9.17, 15) is 4.79 Å². The second-order valence-electron chi connectivity index (χ2n) is 4.21. The molecule has 4 heteroatoms. The summed E-state index contributed by atoms with van der Waals surface area (Å²) in [5, 5.41) is 0.958. The van der Waals surface area contributed by atoms with Crippen LogP contribution in [0.5, 0.6) is 5.75 Å². The molecule has 1 aromatic heterocycles. The van der Waals surface area contributed by atoms with Crippen molar-refractivity contribution in [2.45, 2.75) is 13.3 Å². The lowest BCUT2D eigenvalue weighted by Gasteiger charge is -2.08. The van der Waals surface area contributed by atoms with Gasteiger partial charge < -0.3 is 9.47 Å². The minimum Gasteiger partial charge on any atom is -0.489 e. The Balaban J connectivity index is 2.13. The van der Waals surface area contributed by atoms with E-state index >= 15 is 0 Å². The molecule has 0 atom stereocenters. The molecule has 0 bridgehead atoms. The highest BCUT2D eigenvalue weighted by Gasteiger charge is 2.06. The van der Waals surface area contributed by atoms with Crippen molar-refractivity contribution in [2.75, 3.05) is 13.7 Å². The highest BCUT2D eigenvalue weighted by atomic mass is 16.5. The fourth-order valence-corrected chi connectivity index (χ4v) is 1.94. The fraction of sp³-hybridized carbons (Fsp3) is 0.250. The van der Waals surface area contributed by atoms with Gasteiger partial charge in [0.25, 0.3) is 0 Å². The van der Waals surface area contributed by atoms with Crippen molar-refractivity contribution in [3.05, 3.63) is 48.2 Å². The summed E-state index contributed by atoms with van der Waals surface area (Å²) >= 11 is 0. The first-order valence-electron chi connectivity index (χ1n) is 6.50. The van der Waals surface area contributed by atoms with Gasteiger partial charge in [-0.1, -0.05) is 13.0 Å². The molecule has 0 aliphatic rings. The largest absolute Gasteiger partial charge is 0.489 e. The number of hydrogen-bond donors (Lipinski definition) is 0. The number of fused-ring (bicyclic) bond motifs is 1. The summed E-state index contributed by atoms with van der Waals surface area (Å²) in [7, 11) is 1.38. The van der Waals surface area contributed by atoms with Gasteiger partial charge in [-0.25, -0.2) is 4.79 Å². The summed E-state index contributed by atoms with van der Waals surface area (Å²) in [6, 6.07) is 9.56. The van der Waals surface area contributed by atoms with Crippen LogP contribution in [0.25, 0.3) is 10.9 Å². The molecule has 0 unspecified atom stereocenters. The lowest BCUT2D eigenvalue weighted by atomic mass is 10.2. The Morgan fingerprint density at radius 3 is 2.90 bits per heavy atom. The molecule has 20 heavy (non-hydrogen) atoms. The number of esters is 1. The van der Waals surface area contributed by atoms with Gasteiger partial charge in [-0.2, -0.15) is 0 Å². The topological polar surface area (TPSA) is 48.4 Å². The van der Waals surface area contributed by atoms with Crippen LogP contribution in [0.4, 0.5) is 0 Å². The Morgan fingerprint density at radius 1 is 1.30 bits per heavy atom. The molecule has 0 saturated heterocycles. The second kappa shape index (κ2) is 6.70. The van der Waals surface area contributed by atoms with Crippen LogP contribution in [0.3, 0.4) is 0 Å². The standard InChI is InChI=1S/C16H17NO3/c1-3-12(16(18)19-2)9-11-20-15-8-4-7-14-13(15)6-5-10-17-14/h4-10H,3,11H2,1-2H3/b12-9-. The maximum Gasteiger partial charge on any atom is 0.333 e. The number of hydrogen-bond acceptors (Lipinski definition) is 4. The molecule has 2 rings (SSSR count). The van der Waals surface area contributed by atoms with Crippen molar-refractivity contribution in [1.29, 1.82) is 0 Å². The van der Waals surface area contributed by atoms with Gasteiger partial charge in [0.1, 0.15) is 12.4 Å². The maximum absolute atomic E-state index is 11.4. The van der Waals surface area contributed by atoms with E-state index < -0.39 is 0 Å². The van der Waals surface area contributed by atoms with Gasteiger partial charge in [-0.15, -0.1) is 0 Å². The average Bonchev–Trinajstić information content (AvgIpc) is 2.51. The number of ether oxygens (including phenoxy) is 2. The molecule has 0 aliphatic heterocycles. The number of rotatable bonds is 5. The molecule has 104 valence electrons. The van der Waals surface area contributed by atoms with Crippen molar-refractivity contribution < 1.29 is 14.3 Å². The van der Waals surface area contributed by atoms with Gasteiger partial charge in [0, 0.05) is 17.2 Å². The molecule has 0 spiro atoms. The summed E-state index contributed by atoms with van der Waals surface area (Å²) in [5.74, 6) is 0.447. The minimum absolute atomic E-state index is 0.310. The number of benzene rings is 1. The number of aromatic nitrogens is 1. The Hall–Kier alpha value is -2.36. The number of nitrogens with zero attached hydrogens (tertiary/aromatic N) is 1. The van der Waals surface area contributed by atoms with Crippen molar-refractivity contribution in [1.82, 2.24) is 4.98 Å². The zero-order valence-corrected chi connectivity index (χ0v) is 11.6. The smallest absolute Gasteiger partial charge is 0.333 e. The van der Waals surface area contributed by atoms with E-state index in [1.165, 1.54) is 7.11 Å². The molecule has 0 radical (unpaired) electrons. The Kier molecular flexibility index (Phi) is 4.71. The van der Waals surface area contributed by atoms with Crippen LogP contribution in [0.1, 0.15) is 13.3 Å². The van der Waals surface area contributed by atoms with Gasteiger partial charge in [-0.3, -0.25) is 4.98 Å². The summed E-state index contributed by atoms with van der Waals surface area (Å²) in [6.45, 7) is 2.23. The first-order valence-corrected chi connectivity index (χ1v) is 6.50. The van der Waals surface area contributed by atoms with Crippen molar-refractivity contribution in [3.63, 3.8) is 0 Å². The molecule has 0 saturated carbocycles. The van der Waals surface area contributed by atoms with E-state index in [0.29, 0.717) is 18.6 Å². The maximum atomic E-state index is 11.4.